The second kappa shape index (κ2) is 5.97. The lowest BCUT2D eigenvalue weighted by Gasteiger charge is -2.33. The highest BCUT2D eigenvalue weighted by Gasteiger charge is 2.27. The molecule has 1 aromatic rings. The largest absolute Gasteiger partial charge is 0.351 e. The van der Waals surface area contributed by atoms with Crippen LogP contribution in [-0.4, -0.2) is 29.5 Å². The van der Waals surface area contributed by atoms with Gasteiger partial charge >= 0.3 is 5.69 Å². The van der Waals surface area contributed by atoms with Gasteiger partial charge in [-0.1, -0.05) is 0 Å². The van der Waals surface area contributed by atoms with Crippen molar-refractivity contribution in [1.29, 1.82) is 0 Å². The quantitative estimate of drug-likeness (QED) is 0.662. The molecule has 1 unspecified atom stereocenters. The Kier molecular flexibility index (Phi) is 4.31. The molecule has 1 saturated heterocycles. The fourth-order valence-corrected chi connectivity index (χ4v) is 2.72. The Labute approximate surface area is 112 Å². The Morgan fingerprint density at radius 1 is 1.63 bits per heavy atom. The molecule has 0 aromatic carbocycles. The number of aryl methyl sites for hydroxylation is 1. The van der Waals surface area contributed by atoms with E-state index in [1.54, 1.807) is 19.2 Å². The summed E-state index contributed by atoms with van der Waals surface area (Å²) in [6.07, 6.45) is 4.80. The van der Waals surface area contributed by atoms with Crippen LogP contribution >= 0.6 is 0 Å². The molecule has 1 aliphatic heterocycles. The summed E-state index contributed by atoms with van der Waals surface area (Å²) in [4.78, 5) is 17.2. The first-order chi connectivity index (χ1) is 9.13. The van der Waals surface area contributed by atoms with Crippen LogP contribution in [0, 0.1) is 23.0 Å². The maximum absolute atomic E-state index is 11.2. The third-order valence-corrected chi connectivity index (χ3v) is 3.68. The Morgan fingerprint density at radius 3 is 3.11 bits per heavy atom. The van der Waals surface area contributed by atoms with Crippen molar-refractivity contribution in [2.75, 3.05) is 24.5 Å². The topological polar surface area (TPSA) is 85.3 Å². The standard InChI is InChI=1S/C13H20N4O2/c1-10-5-7-15-13(12(10)17(18)19)16-8-2-3-11(9-16)4-6-14/h5,7,11H,2-4,6,8-9,14H2,1H3. The number of aromatic nitrogens is 1. The summed E-state index contributed by atoms with van der Waals surface area (Å²) in [6, 6.07) is 1.68. The van der Waals surface area contributed by atoms with Crippen molar-refractivity contribution in [3.8, 4) is 0 Å². The molecular weight excluding hydrogens is 244 g/mol. The number of hydrogen-bond donors (Lipinski definition) is 1. The number of rotatable bonds is 4. The van der Waals surface area contributed by atoms with E-state index in [9.17, 15) is 10.1 Å². The molecule has 19 heavy (non-hydrogen) atoms. The average molecular weight is 264 g/mol. The third-order valence-electron chi connectivity index (χ3n) is 3.68. The average Bonchev–Trinajstić information content (AvgIpc) is 2.38. The third kappa shape index (κ3) is 3.01. The maximum atomic E-state index is 11.2. The second-order valence-corrected chi connectivity index (χ2v) is 5.09. The zero-order valence-electron chi connectivity index (χ0n) is 11.2. The van der Waals surface area contributed by atoms with Crippen LogP contribution in [0.1, 0.15) is 24.8 Å². The Balaban J connectivity index is 2.26. The molecule has 1 aromatic heterocycles. The van der Waals surface area contributed by atoms with Gasteiger partial charge in [0.1, 0.15) is 0 Å². The molecule has 104 valence electrons. The van der Waals surface area contributed by atoms with E-state index < -0.39 is 0 Å². The predicted octanol–water partition coefficient (Wildman–Crippen LogP) is 1.86. The van der Waals surface area contributed by atoms with E-state index in [2.05, 4.69) is 4.98 Å². The number of anilines is 1. The molecular formula is C13H20N4O2. The highest BCUT2D eigenvalue weighted by Crippen LogP contribution is 2.32. The molecule has 0 aliphatic carbocycles. The number of hydrogen-bond acceptors (Lipinski definition) is 5. The van der Waals surface area contributed by atoms with Gasteiger partial charge in [0.25, 0.3) is 0 Å². The zero-order valence-corrected chi connectivity index (χ0v) is 11.2. The lowest BCUT2D eigenvalue weighted by atomic mass is 9.94. The molecule has 6 nitrogen and oxygen atoms in total. The maximum Gasteiger partial charge on any atom is 0.314 e. The number of nitrogens with zero attached hydrogens (tertiary/aromatic N) is 3. The molecule has 2 rings (SSSR count). The molecule has 0 radical (unpaired) electrons. The highest BCUT2D eigenvalue weighted by atomic mass is 16.6. The van der Waals surface area contributed by atoms with Crippen molar-refractivity contribution < 1.29 is 4.92 Å². The lowest BCUT2D eigenvalue weighted by molar-refractivity contribution is -0.384. The normalized spacial score (nSPS) is 19.5. The first-order valence-electron chi connectivity index (χ1n) is 6.68. The summed E-state index contributed by atoms with van der Waals surface area (Å²) in [5, 5.41) is 11.2. The summed E-state index contributed by atoms with van der Waals surface area (Å²) in [5.74, 6) is 1.02. The number of nitro groups is 1. The molecule has 2 N–H and O–H groups in total. The first-order valence-corrected chi connectivity index (χ1v) is 6.68. The van der Waals surface area contributed by atoms with E-state index in [-0.39, 0.29) is 10.6 Å². The van der Waals surface area contributed by atoms with Crippen LogP contribution in [0.4, 0.5) is 11.5 Å². The van der Waals surface area contributed by atoms with Crippen LogP contribution in [0.15, 0.2) is 12.3 Å². The molecule has 0 saturated carbocycles. The van der Waals surface area contributed by atoms with E-state index in [4.69, 9.17) is 5.73 Å². The highest BCUT2D eigenvalue weighted by molar-refractivity contribution is 5.61. The van der Waals surface area contributed by atoms with Gasteiger partial charge in [0.2, 0.25) is 5.82 Å². The predicted molar refractivity (Wildman–Crippen MR) is 74.2 cm³/mol. The van der Waals surface area contributed by atoms with Crippen LogP contribution in [-0.2, 0) is 0 Å². The van der Waals surface area contributed by atoms with Crippen LogP contribution in [0.2, 0.25) is 0 Å². The minimum absolute atomic E-state index is 0.135. The molecule has 0 amide bonds. The van der Waals surface area contributed by atoms with Gasteiger partial charge in [-0.05, 0) is 44.7 Å². The van der Waals surface area contributed by atoms with Crippen molar-refractivity contribution in [3.63, 3.8) is 0 Å². The van der Waals surface area contributed by atoms with Crippen molar-refractivity contribution in [3.05, 3.63) is 27.9 Å². The smallest absolute Gasteiger partial charge is 0.314 e. The van der Waals surface area contributed by atoms with Crippen molar-refractivity contribution in [2.24, 2.45) is 11.7 Å². The van der Waals surface area contributed by atoms with Gasteiger partial charge in [-0.25, -0.2) is 4.98 Å². The van der Waals surface area contributed by atoms with E-state index >= 15 is 0 Å². The summed E-state index contributed by atoms with van der Waals surface area (Å²) < 4.78 is 0. The first kappa shape index (κ1) is 13.7. The zero-order chi connectivity index (χ0) is 13.8. The summed E-state index contributed by atoms with van der Waals surface area (Å²) >= 11 is 0. The molecule has 1 atom stereocenters. The Hall–Kier alpha value is -1.69. The summed E-state index contributed by atoms with van der Waals surface area (Å²) in [5.41, 5.74) is 6.40. The molecule has 0 spiro atoms. The minimum atomic E-state index is -0.329. The van der Waals surface area contributed by atoms with Gasteiger partial charge in [-0.2, -0.15) is 0 Å². The van der Waals surface area contributed by atoms with Crippen LogP contribution in [0.25, 0.3) is 0 Å². The minimum Gasteiger partial charge on any atom is -0.351 e. The lowest BCUT2D eigenvalue weighted by Crippen LogP contribution is -2.37. The number of nitrogens with two attached hydrogens (primary N) is 1. The van der Waals surface area contributed by atoms with Gasteiger partial charge in [0.15, 0.2) is 0 Å². The van der Waals surface area contributed by atoms with Crippen molar-refractivity contribution in [2.45, 2.75) is 26.2 Å². The fraction of sp³-hybridized carbons (Fsp3) is 0.615. The van der Waals surface area contributed by atoms with Gasteiger partial charge < -0.3 is 10.6 Å². The van der Waals surface area contributed by atoms with E-state index in [0.29, 0.717) is 23.8 Å². The molecule has 2 heterocycles. The van der Waals surface area contributed by atoms with E-state index in [0.717, 1.165) is 32.4 Å². The molecule has 0 bridgehead atoms. The summed E-state index contributed by atoms with van der Waals surface area (Å²) in [6.45, 7) is 4.07. The molecule has 1 fully saturated rings. The van der Waals surface area contributed by atoms with Crippen molar-refractivity contribution >= 4 is 11.5 Å². The number of pyridine rings is 1. The van der Waals surface area contributed by atoms with E-state index in [1.165, 1.54) is 0 Å². The van der Waals surface area contributed by atoms with Crippen LogP contribution < -0.4 is 10.6 Å². The van der Waals surface area contributed by atoms with Crippen molar-refractivity contribution in [1.82, 2.24) is 4.98 Å². The van der Waals surface area contributed by atoms with Gasteiger partial charge in [0.05, 0.1) is 4.92 Å². The molecule has 1 aliphatic rings. The fourth-order valence-electron chi connectivity index (χ4n) is 2.72. The molecule has 6 heteroatoms. The van der Waals surface area contributed by atoms with Crippen LogP contribution in [0.5, 0.6) is 0 Å². The van der Waals surface area contributed by atoms with Crippen LogP contribution in [0.3, 0.4) is 0 Å². The van der Waals surface area contributed by atoms with Gasteiger partial charge in [-0.3, -0.25) is 10.1 Å². The Bertz CT molecular complexity index is 462. The second-order valence-electron chi connectivity index (χ2n) is 5.09. The Morgan fingerprint density at radius 2 is 2.42 bits per heavy atom. The van der Waals surface area contributed by atoms with Gasteiger partial charge in [-0.15, -0.1) is 0 Å². The summed E-state index contributed by atoms with van der Waals surface area (Å²) in [7, 11) is 0. The van der Waals surface area contributed by atoms with E-state index in [1.807, 2.05) is 4.90 Å². The number of piperidine rings is 1. The van der Waals surface area contributed by atoms with Gasteiger partial charge in [0, 0.05) is 24.8 Å². The SMILES string of the molecule is Cc1ccnc(N2CCCC(CCN)C2)c1[N+](=O)[O-]. The monoisotopic (exact) mass is 264 g/mol.